The van der Waals surface area contributed by atoms with Crippen LogP contribution in [0.2, 0.25) is 0 Å². The predicted molar refractivity (Wildman–Crippen MR) is 74.3 cm³/mol. The minimum atomic E-state index is -0.880. The van der Waals surface area contributed by atoms with Crippen LogP contribution < -0.4 is 5.01 Å². The number of aromatic carboxylic acids is 1. The number of fused-ring (bicyclic) bond motifs is 1. The van der Waals surface area contributed by atoms with Crippen molar-refractivity contribution in [3.8, 4) is 0 Å². The summed E-state index contributed by atoms with van der Waals surface area (Å²) in [5, 5.41) is 12.3. The predicted octanol–water partition coefficient (Wildman–Crippen LogP) is 1.22. The average molecular weight is 259 g/mol. The summed E-state index contributed by atoms with van der Waals surface area (Å²) in [6.07, 6.45) is 2.02. The summed E-state index contributed by atoms with van der Waals surface area (Å²) in [6.45, 7) is 4.07. The third-order valence-electron chi connectivity index (χ3n) is 3.70. The Balaban J connectivity index is 1.95. The van der Waals surface area contributed by atoms with Gasteiger partial charge in [-0.05, 0) is 31.3 Å². The van der Waals surface area contributed by atoms with Gasteiger partial charge in [-0.15, -0.1) is 0 Å². The Morgan fingerprint density at radius 2 is 1.89 bits per heavy atom. The van der Waals surface area contributed by atoms with E-state index in [1.54, 1.807) is 12.1 Å². The van der Waals surface area contributed by atoms with Gasteiger partial charge < -0.3 is 15.0 Å². The van der Waals surface area contributed by atoms with Gasteiger partial charge in [0, 0.05) is 37.8 Å². The van der Waals surface area contributed by atoms with Gasteiger partial charge in [-0.25, -0.2) is 4.79 Å². The van der Waals surface area contributed by atoms with Crippen LogP contribution in [0.1, 0.15) is 10.4 Å². The molecule has 100 valence electrons. The zero-order chi connectivity index (χ0) is 13.4. The standard InChI is InChI=1S/C14H17N3O2/c1-15-6-8-16(9-7-15)17-5-4-11-10-12(14(18)19)2-3-13(11)17/h2-5,10H,6-9H2,1H3,(H,18,19). The van der Waals surface area contributed by atoms with Crippen LogP contribution in [0.3, 0.4) is 0 Å². The van der Waals surface area contributed by atoms with Crippen molar-refractivity contribution in [2.45, 2.75) is 0 Å². The molecule has 0 aliphatic carbocycles. The molecule has 19 heavy (non-hydrogen) atoms. The van der Waals surface area contributed by atoms with Crippen LogP contribution in [-0.2, 0) is 0 Å². The van der Waals surface area contributed by atoms with Crippen LogP contribution >= 0.6 is 0 Å². The van der Waals surface area contributed by atoms with Gasteiger partial charge >= 0.3 is 5.97 Å². The highest BCUT2D eigenvalue weighted by molar-refractivity contribution is 5.93. The molecule has 1 aromatic heterocycles. The number of piperazine rings is 1. The molecule has 2 heterocycles. The maximum atomic E-state index is 11.0. The van der Waals surface area contributed by atoms with E-state index in [1.165, 1.54) is 0 Å². The molecular formula is C14H17N3O2. The lowest BCUT2D eigenvalue weighted by Crippen LogP contribution is -2.49. The molecular weight excluding hydrogens is 242 g/mol. The zero-order valence-corrected chi connectivity index (χ0v) is 10.9. The lowest BCUT2D eigenvalue weighted by Gasteiger charge is -2.35. The van der Waals surface area contributed by atoms with Crippen LogP contribution in [-0.4, -0.2) is 53.9 Å². The number of nitrogens with zero attached hydrogens (tertiary/aromatic N) is 3. The second-order valence-corrected chi connectivity index (χ2v) is 5.00. The van der Waals surface area contributed by atoms with Crippen LogP contribution in [0.25, 0.3) is 10.9 Å². The van der Waals surface area contributed by atoms with Gasteiger partial charge in [-0.1, -0.05) is 0 Å². The highest BCUT2D eigenvalue weighted by atomic mass is 16.4. The summed E-state index contributed by atoms with van der Waals surface area (Å²) >= 11 is 0. The molecule has 0 spiro atoms. The van der Waals surface area contributed by atoms with Crippen LogP contribution in [0.5, 0.6) is 0 Å². The molecule has 1 aliphatic heterocycles. The smallest absolute Gasteiger partial charge is 0.335 e. The zero-order valence-electron chi connectivity index (χ0n) is 10.9. The van der Waals surface area contributed by atoms with E-state index < -0.39 is 5.97 Å². The fourth-order valence-electron chi connectivity index (χ4n) is 2.52. The fraction of sp³-hybridized carbons (Fsp3) is 0.357. The number of hydrogen-bond donors (Lipinski definition) is 1. The van der Waals surface area contributed by atoms with Crippen LogP contribution in [0.4, 0.5) is 0 Å². The van der Waals surface area contributed by atoms with Crippen molar-refractivity contribution in [3.63, 3.8) is 0 Å². The van der Waals surface area contributed by atoms with E-state index in [2.05, 4.69) is 21.6 Å². The molecule has 3 rings (SSSR count). The van der Waals surface area contributed by atoms with Gasteiger partial charge in [0.05, 0.1) is 11.1 Å². The van der Waals surface area contributed by atoms with Crippen molar-refractivity contribution < 1.29 is 9.90 Å². The molecule has 2 aromatic rings. The summed E-state index contributed by atoms with van der Waals surface area (Å²) < 4.78 is 2.13. The highest BCUT2D eigenvalue weighted by Crippen LogP contribution is 2.18. The number of likely N-dealkylation sites (N-methyl/N-ethyl adjacent to an activating group) is 1. The SMILES string of the molecule is CN1CCN(n2ccc3cc(C(=O)O)ccc32)CC1. The van der Waals surface area contributed by atoms with Crippen molar-refractivity contribution in [3.05, 3.63) is 36.0 Å². The first-order chi connectivity index (χ1) is 9.15. The number of rotatable bonds is 2. The van der Waals surface area contributed by atoms with E-state index in [0.717, 1.165) is 37.1 Å². The molecule has 0 unspecified atom stereocenters. The molecule has 5 nitrogen and oxygen atoms in total. The van der Waals surface area contributed by atoms with E-state index in [4.69, 9.17) is 5.11 Å². The Kier molecular flexibility index (Phi) is 2.91. The molecule has 1 saturated heterocycles. The third-order valence-corrected chi connectivity index (χ3v) is 3.70. The van der Waals surface area contributed by atoms with E-state index in [-0.39, 0.29) is 0 Å². The molecule has 0 bridgehead atoms. The quantitative estimate of drug-likeness (QED) is 0.881. The Morgan fingerprint density at radius 1 is 1.16 bits per heavy atom. The van der Waals surface area contributed by atoms with Crippen LogP contribution in [0, 0.1) is 0 Å². The second-order valence-electron chi connectivity index (χ2n) is 5.00. The van der Waals surface area contributed by atoms with Gasteiger partial charge in [0.15, 0.2) is 0 Å². The molecule has 0 radical (unpaired) electrons. The molecule has 1 N–H and O–H groups in total. The molecule has 5 heteroatoms. The van der Waals surface area contributed by atoms with Gasteiger partial charge in [0.25, 0.3) is 0 Å². The summed E-state index contributed by atoms with van der Waals surface area (Å²) in [5.41, 5.74) is 1.40. The third kappa shape index (κ3) is 2.17. The lowest BCUT2D eigenvalue weighted by atomic mass is 10.1. The van der Waals surface area contributed by atoms with E-state index in [1.807, 2.05) is 18.3 Å². The van der Waals surface area contributed by atoms with Crippen molar-refractivity contribution in [1.29, 1.82) is 0 Å². The van der Waals surface area contributed by atoms with Crippen LogP contribution in [0.15, 0.2) is 30.5 Å². The van der Waals surface area contributed by atoms with E-state index in [9.17, 15) is 4.79 Å². The normalized spacial score (nSPS) is 17.0. The van der Waals surface area contributed by atoms with E-state index >= 15 is 0 Å². The van der Waals surface area contributed by atoms with E-state index in [0.29, 0.717) is 5.56 Å². The number of aromatic nitrogens is 1. The first-order valence-electron chi connectivity index (χ1n) is 6.43. The maximum absolute atomic E-state index is 11.0. The Bertz CT molecular complexity index is 612. The number of carboxylic acid groups (broad SMARTS) is 1. The molecule has 0 atom stereocenters. The molecule has 1 fully saturated rings. The number of hydrogen-bond acceptors (Lipinski definition) is 3. The maximum Gasteiger partial charge on any atom is 0.335 e. The Labute approximate surface area is 111 Å². The lowest BCUT2D eigenvalue weighted by molar-refractivity contribution is 0.0697. The van der Waals surface area contributed by atoms with Crippen molar-refractivity contribution in [2.75, 3.05) is 38.2 Å². The number of carbonyl (C=O) groups is 1. The molecule has 0 saturated carbocycles. The number of carboxylic acids is 1. The minimum absolute atomic E-state index is 0.337. The summed E-state index contributed by atoms with van der Waals surface area (Å²) in [6, 6.07) is 7.25. The topological polar surface area (TPSA) is 48.7 Å². The largest absolute Gasteiger partial charge is 0.478 e. The van der Waals surface area contributed by atoms with Crippen molar-refractivity contribution in [1.82, 2.24) is 9.58 Å². The highest BCUT2D eigenvalue weighted by Gasteiger charge is 2.16. The van der Waals surface area contributed by atoms with Gasteiger partial charge in [-0.2, -0.15) is 0 Å². The minimum Gasteiger partial charge on any atom is -0.478 e. The van der Waals surface area contributed by atoms with Gasteiger partial charge in [0.2, 0.25) is 0 Å². The molecule has 0 amide bonds. The fourth-order valence-corrected chi connectivity index (χ4v) is 2.52. The Hall–Kier alpha value is -2.01. The number of benzene rings is 1. The van der Waals surface area contributed by atoms with Gasteiger partial charge in [-0.3, -0.25) is 4.68 Å². The first-order valence-corrected chi connectivity index (χ1v) is 6.43. The summed E-state index contributed by atoms with van der Waals surface area (Å²) in [7, 11) is 2.13. The van der Waals surface area contributed by atoms with Crippen molar-refractivity contribution >= 4 is 16.9 Å². The average Bonchev–Trinajstić information content (AvgIpc) is 2.82. The summed E-state index contributed by atoms with van der Waals surface area (Å²) in [4.78, 5) is 13.3. The van der Waals surface area contributed by atoms with Crippen molar-refractivity contribution in [2.24, 2.45) is 0 Å². The summed E-state index contributed by atoms with van der Waals surface area (Å²) in [5.74, 6) is -0.880. The second kappa shape index (κ2) is 4.59. The van der Waals surface area contributed by atoms with Gasteiger partial charge in [0.1, 0.15) is 0 Å². The molecule has 1 aromatic carbocycles. The first kappa shape index (κ1) is 12.0. The Morgan fingerprint density at radius 3 is 2.58 bits per heavy atom. The monoisotopic (exact) mass is 259 g/mol. The molecule has 1 aliphatic rings.